The lowest BCUT2D eigenvalue weighted by Gasteiger charge is -2.21. The molecule has 0 aliphatic rings. The van der Waals surface area contributed by atoms with Crippen LogP contribution in [0.2, 0.25) is 0 Å². The number of hydrogen-bond donors (Lipinski definition) is 1. The first kappa shape index (κ1) is 11.6. The maximum absolute atomic E-state index is 5.89. The maximum Gasteiger partial charge on any atom is 0.147 e. The summed E-state index contributed by atoms with van der Waals surface area (Å²) in [6.45, 7) is 5.06. The van der Waals surface area contributed by atoms with E-state index in [0.29, 0.717) is 5.88 Å². The molecule has 0 atom stereocenters. The summed E-state index contributed by atoms with van der Waals surface area (Å²) >= 11 is 7.54. The van der Waals surface area contributed by atoms with Crippen molar-refractivity contribution in [2.75, 3.05) is 17.7 Å². The number of alkyl halides is 1. The minimum Gasteiger partial charge on any atom is -0.368 e. The number of thiophene rings is 1. The Morgan fingerprint density at radius 3 is 3.00 bits per heavy atom. The van der Waals surface area contributed by atoms with Crippen molar-refractivity contribution in [3.8, 4) is 0 Å². The van der Waals surface area contributed by atoms with E-state index in [4.69, 9.17) is 11.6 Å². The van der Waals surface area contributed by atoms with Crippen molar-refractivity contribution in [3.05, 3.63) is 17.8 Å². The molecule has 0 aliphatic carbocycles. The molecule has 0 unspecified atom stereocenters. The Morgan fingerprint density at radius 1 is 1.44 bits per heavy atom. The van der Waals surface area contributed by atoms with E-state index in [0.717, 1.165) is 22.6 Å². The summed E-state index contributed by atoms with van der Waals surface area (Å²) in [5, 5.41) is 5.36. The Hall–Kier alpha value is -0.870. The zero-order chi connectivity index (χ0) is 11.6. The molecular weight excluding hydrogens is 242 g/mol. The van der Waals surface area contributed by atoms with E-state index in [-0.39, 0.29) is 5.41 Å². The first-order chi connectivity index (χ1) is 7.62. The first-order valence-electron chi connectivity index (χ1n) is 5.10. The van der Waals surface area contributed by atoms with Gasteiger partial charge in [0.1, 0.15) is 12.1 Å². The van der Waals surface area contributed by atoms with Gasteiger partial charge in [0.15, 0.2) is 0 Å². The zero-order valence-corrected chi connectivity index (χ0v) is 10.9. The average Bonchev–Trinajstić information content (AvgIpc) is 2.75. The van der Waals surface area contributed by atoms with E-state index in [2.05, 4.69) is 29.1 Å². The second-order valence-corrected chi connectivity index (χ2v) is 5.69. The number of nitrogens with zero attached hydrogens (tertiary/aromatic N) is 2. The number of fused-ring (bicyclic) bond motifs is 1. The predicted octanol–water partition coefficient (Wildman–Crippen LogP) is 3.37. The summed E-state index contributed by atoms with van der Waals surface area (Å²) in [6.07, 6.45) is 1.59. The van der Waals surface area contributed by atoms with Crippen molar-refractivity contribution in [2.24, 2.45) is 5.41 Å². The molecule has 2 rings (SSSR count). The Labute approximate surface area is 104 Å². The molecule has 0 aliphatic heterocycles. The van der Waals surface area contributed by atoms with Crippen LogP contribution in [0.5, 0.6) is 0 Å². The number of rotatable bonds is 4. The largest absolute Gasteiger partial charge is 0.368 e. The van der Waals surface area contributed by atoms with E-state index in [1.165, 1.54) is 0 Å². The van der Waals surface area contributed by atoms with E-state index >= 15 is 0 Å². The van der Waals surface area contributed by atoms with Crippen LogP contribution in [0.15, 0.2) is 17.8 Å². The summed E-state index contributed by atoms with van der Waals surface area (Å²) in [7, 11) is 0. The van der Waals surface area contributed by atoms with E-state index < -0.39 is 0 Å². The van der Waals surface area contributed by atoms with Crippen LogP contribution in [0.25, 0.3) is 10.2 Å². The molecule has 2 heterocycles. The summed E-state index contributed by atoms with van der Waals surface area (Å²) in [6, 6.07) is 2.00. The van der Waals surface area contributed by atoms with E-state index in [1.807, 2.05) is 11.4 Å². The van der Waals surface area contributed by atoms with Crippen LogP contribution in [0.1, 0.15) is 13.8 Å². The van der Waals surface area contributed by atoms with Crippen molar-refractivity contribution < 1.29 is 0 Å². The van der Waals surface area contributed by atoms with Gasteiger partial charge in [-0.1, -0.05) is 13.8 Å². The Bertz CT molecular complexity index is 481. The van der Waals surface area contributed by atoms with Crippen molar-refractivity contribution in [1.82, 2.24) is 9.97 Å². The van der Waals surface area contributed by atoms with Crippen LogP contribution >= 0.6 is 22.9 Å². The van der Waals surface area contributed by atoms with Crippen molar-refractivity contribution >= 4 is 39.0 Å². The summed E-state index contributed by atoms with van der Waals surface area (Å²) < 4.78 is 1.10. The van der Waals surface area contributed by atoms with Crippen molar-refractivity contribution in [1.29, 1.82) is 0 Å². The number of anilines is 1. The predicted molar refractivity (Wildman–Crippen MR) is 70.4 cm³/mol. The van der Waals surface area contributed by atoms with Gasteiger partial charge in [-0.15, -0.1) is 22.9 Å². The lowest BCUT2D eigenvalue weighted by molar-refractivity contribution is 0.450. The van der Waals surface area contributed by atoms with Gasteiger partial charge in [0.25, 0.3) is 0 Å². The standard InChI is InChI=1S/C11H14ClN3S/c1-11(2,5-12)6-13-10-9-8(3-4-16-9)14-7-15-10/h3-4,7H,5-6H2,1-2H3,(H,13,14,15). The molecule has 5 heteroatoms. The van der Waals surface area contributed by atoms with Gasteiger partial charge >= 0.3 is 0 Å². The van der Waals surface area contributed by atoms with Crippen molar-refractivity contribution in [3.63, 3.8) is 0 Å². The fraction of sp³-hybridized carbons (Fsp3) is 0.455. The zero-order valence-electron chi connectivity index (χ0n) is 9.33. The van der Waals surface area contributed by atoms with Gasteiger partial charge in [-0.25, -0.2) is 9.97 Å². The molecule has 0 bridgehead atoms. The highest BCUT2D eigenvalue weighted by molar-refractivity contribution is 7.17. The minimum absolute atomic E-state index is 0.0656. The highest BCUT2D eigenvalue weighted by Gasteiger charge is 2.16. The Morgan fingerprint density at radius 2 is 2.25 bits per heavy atom. The highest BCUT2D eigenvalue weighted by atomic mass is 35.5. The molecule has 0 amide bonds. The smallest absolute Gasteiger partial charge is 0.147 e. The van der Waals surface area contributed by atoms with Crippen LogP contribution < -0.4 is 5.32 Å². The molecule has 0 spiro atoms. The van der Waals surface area contributed by atoms with Gasteiger partial charge in [-0.3, -0.25) is 0 Å². The van der Waals surface area contributed by atoms with Gasteiger partial charge in [0.05, 0.1) is 10.2 Å². The molecule has 0 aromatic carbocycles. The molecule has 3 nitrogen and oxygen atoms in total. The van der Waals surface area contributed by atoms with Gasteiger partial charge in [-0.2, -0.15) is 0 Å². The van der Waals surface area contributed by atoms with Crippen LogP contribution in [0, 0.1) is 5.41 Å². The van der Waals surface area contributed by atoms with Crippen molar-refractivity contribution in [2.45, 2.75) is 13.8 Å². The monoisotopic (exact) mass is 255 g/mol. The van der Waals surface area contributed by atoms with Gasteiger partial charge in [-0.05, 0) is 16.9 Å². The SMILES string of the molecule is CC(C)(CCl)CNc1ncnc2ccsc12. The van der Waals surface area contributed by atoms with Crippen LogP contribution in [-0.2, 0) is 0 Å². The lowest BCUT2D eigenvalue weighted by Crippen LogP contribution is -2.25. The van der Waals surface area contributed by atoms with E-state index in [9.17, 15) is 0 Å². The molecule has 0 fully saturated rings. The third-order valence-corrected chi connectivity index (χ3v) is 3.97. The fourth-order valence-electron chi connectivity index (χ4n) is 1.28. The molecule has 86 valence electrons. The number of hydrogen-bond acceptors (Lipinski definition) is 4. The summed E-state index contributed by atoms with van der Waals surface area (Å²) in [4.78, 5) is 8.46. The summed E-state index contributed by atoms with van der Waals surface area (Å²) in [5.41, 5.74) is 1.06. The Balaban J connectivity index is 2.18. The van der Waals surface area contributed by atoms with Crippen LogP contribution in [0.4, 0.5) is 5.82 Å². The van der Waals surface area contributed by atoms with Gasteiger partial charge in [0, 0.05) is 12.4 Å². The third kappa shape index (κ3) is 2.44. The number of aromatic nitrogens is 2. The first-order valence-corrected chi connectivity index (χ1v) is 6.52. The molecule has 16 heavy (non-hydrogen) atoms. The molecule has 2 aromatic rings. The maximum atomic E-state index is 5.89. The normalized spacial score (nSPS) is 11.9. The Kier molecular flexibility index (Phi) is 3.30. The molecule has 0 saturated heterocycles. The topological polar surface area (TPSA) is 37.8 Å². The van der Waals surface area contributed by atoms with E-state index in [1.54, 1.807) is 17.7 Å². The lowest BCUT2D eigenvalue weighted by atomic mass is 9.97. The van der Waals surface area contributed by atoms with Crippen LogP contribution in [0.3, 0.4) is 0 Å². The third-order valence-electron chi connectivity index (χ3n) is 2.34. The van der Waals surface area contributed by atoms with Crippen LogP contribution in [-0.4, -0.2) is 22.4 Å². The van der Waals surface area contributed by atoms with Gasteiger partial charge < -0.3 is 5.32 Å². The molecule has 0 saturated carbocycles. The molecular formula is C11H14ClN3S. The minimum atomic E-state index is 0.0656. The second-order valence-electron chi connectivity index (χ2n) is 4.51. The fourth-order valence-corrected chi connectivity index (χ4v) is 2.19. The summed E-state index contributed by atoms with van der Waals surface area (Å²) in [5.74, 6) is 1.52. The molecule has 2 aromatic heterocycles. The molecule has 1 N–H and O–H groups in total. The quantitative estimate of drug-likeness (QED) is 0.852. The molecule has 0 radical (unpaired) electrons. The number of nitrogens with one attached hydrogen (secondary N) is 1. The number of halogens is 1. The average molecular weight is 256 g/mol. The second kappa shape index (κ2) is 4.55. The van der Waals surface area contributed by atoms with Gasteiger partial charge in [0.2, 0.25) is 0 Å². The highest BCUT2D eigenvalue weighted by Crippen LogP contribution is 2.26.